The number of ether oxygens (including phenoxy) is 1. The van der Waals surface area contributed by atoms with Gasteiger partial charge in [0, 0.05) is 13.1 Å². The quantitative estimate of drug-likeness (QED) is 0.715. The van der Waals surface area contributed by atoms with Crippen LogP contribution in [0.4, 0.5) is 0 Å². The monoisotopic (exact) mass is 235 g/mol. The second-order valence-corrected chi connectivity index (χ2v) is 4.94. The third-order valence-corrected chi connectivity index (χ3v) is 3.46. The van der Waals surface area contributed by atoms with Crippen LogP contribution in [0, 0.1) is 0 Å². The molecule has 1 aliphatic heterocycles. The van der Waals surface area contributed by atoms with Crippen LogP contribution in [0.2, 0.25) is 0 Å². The number of carboxylic acids is 1. The minimum Gasteiger partial charge on any atom is -0.480 e. The standard InChI is InChI=1S/C8H13NO3S2/c1-6(7(10)11)14-8(13)9-2-4-12-5-3-9/h6H,2-5H2,1H3,(H,10,11)/t6-/m1/s1. The molecule has 1 saturated heterocycles. The second-order valence-electron chi connectivity index (χ2n) is 2.96. The second kappa shape index (κ2) is 5.53. The molecule has 1 atom stereocenters. The number of aliphatic carboxylic acids is 1. The van der Waals surface area contributed by atoms with E-state index in [1.165, 1.54) is 11.8 Å². The van der Waals surface area contributed by atoms with Gasteiger partial charge in [0.25, 0.3) is 0 Å². The topological polar surface area (TPSA) is 49.8 Å². The van der Waals surface area contributed by atoms with Gasteiger partial charge < -0.3 is 14.7 Å². The van der Waals surface area contributed by atoms with Crippen molar-refractivity contribution in [3.05, 3.63) is 0 Å². The van der Waals surface area contributed by atoms with Gasteiger partial charge in [-0.25, -0.2) is 0 Å². The van der Waals surface area contributed by atoms with Crippen LogP contribution < -0.4 is 0 Å². The molecule has 0 amide bonds. The summed E-state index contributed by atoms with van der Waals surface area (Å²) < 4.78 is 5.83. The van der Waals surface area contributed by atoms with Gasteiger partial charge in [-0.1, -0.05) is 24.0 Å². The van der Waals surface area contributed by atoms with Gasteiger partial charge in [0.2, 0.25) is 0 Å². The lowest BCUT2D eigenvalue weighted by Crippen LogP contribution is -2.39. The molecular formula is C8H13NO3S2. The van der Waals surface area contributed by atoms with Gasteiger partial charge in [0.1, 0.15) is 9.57 Å². The number of thioether (sulfide) groups is 1. The minimum atomic E-state index is -0.828. The summed E-state index contributed by atoms with van der Waals surface area (Å²) in [6, 6.07) is 0. The molecule has 0 radical (unpaired) electrons. The lowest BCUT2D eigenvalue weighted by molar-refractivity contribution is -0.136. The zero-order valence-corrected chi connectivity index (χ0v) is 9.57. The van der Waals surface area contributed by atoms with E-state index >= 15 is 0 Å². The van der Waals surface area contributed by atoms with Crippen LogP contribution in [0.5, 0.6) is 0 Å². The molecule has 1 aliphatic rings. The van der Waals surface area contributed by atoms with E-state index in [2.05, 4.69) is 0 Å². The van der Waals surface area contributed by atoms with E-state index in [4.69, 9.17) is 22.1 Å². The summed E-state index contributed by atoms with van der Waals surface area (Å²) in [5.41, 5.74) is 0. The lowest BCUT2D eigenvalue weighted by atomic mass is 10.5. The summed E-state index contributed by atoms with van der Waals surface area (Å²) in [6.07, 6.45) is 0. The van der Waals surface area contributed by atoms with Gasteiger partial charge in [-0.3, -0.25) is 4.79 Å². The average Bonchev–Trinajstić information content (AvgIpc) is 2.19. The molecule has 1 heterocycles. The molecular weight excluding hydrogens is 222 g/mol. The summed E-state index contributed by atoms with van der Waals surface area (Å²) >= 11 is 6.36. The molecule has 1 N–H and O–H groups in total. The molecule has 6 heteroatoms. The van der Waals surface area contributed by atoms with E-state index in [1.807, 2.05) is 4.90 Å². The van der Waals surface area contributed by atoms with E-state index in [9.17, 15) is 4.79 Å². The summed E-state index contributed by atoms with van der Waals surface area (Å²) in [5.74, 6) is -0.828. The van der Waals surface area contributed by atoms with Gasteiger partial charge in [0.05, 0.1) is 13.2 Å². The van der Waals surface area contributed by atoms with E-state index in [-0.39, 0.29) is 0 Å². The van der Waals surface area contributed by atoms with Crippen molar-refractivity contribution >= 4 is 34.3 Å². The molecule has 4 nitrogen and oxygen atoms in total. The molecule has 0 aliphatic carbocycles. The smallest absolute Gasteiger partial charge is 0.316 e. The van der Waals surface area contributed by atoms with Crippen molar-refractivity contribution in [2.75, 3.05) is 26.3 Å². The Morgan fingerprint density at radius 1 is 1.57 bits per heavy atom. The predicted octanol–water partition coefficient (Wildman–Crippen LogP) is 0.810. The summed E-state index contributed by atoms with van der Waals surface area (Å²) in [5, 5.41) is 8.22. The van der Waals surface area contributed by atoms with Crippen molar-refractivity contribution in [1.82, 2.24) is 4.90 Å². The first-order chi connectivity index (χ1) is 6.61. The van der Waals surface area contributed by atoms with Crippen LogP contribution in [0.1, 0.15) is 6.92 Å². The number of nitrogens with zero attached hydrogens (tertiary/aromatic N) is 1. The van der Waals surface area contributed by atoms with Crippen molar-refractivity contribution in [1.29, 1.82) is 0 Å². The average molecular weight is 235 g/mol. The maximum Gasteiger partial charge on any atom is 0.316 e. The van der Waals surface area contributed by atoms with Gasteiger partial charge >= 0.3 is 5.97 Å². The van der Waals surface area contributed by atoms with Gasteiger partial charge in [0.15, 0.2) is 0 Å². The Labute approximate surface area is 92.6 Å². The molecule has 0 spiro atoms. The molecule has 0 bridgehead atoms. The zero-order chi connectivity index (χ0) is 10.6. The van der Waals surface area contributed by atoms with Crippen molar-refractivity contribution in [3.8, 4) is 0 Å². The summed E-state index contributed by atoms with van der Waals surface area (Å²) in [7, 11) is 0. The summed E-state index contributed by atoms with van der Waals surface area (Å²) in [6.45, 7) is 4.50. The zero-order valence-electron chi connectivity index (χ0n) is 7.93. The van der Waals surface area contributed by atoms with Gasteiger partial charge in [-0.05, 0) is 6.92 Å². The Morgan fingerprint density at radius 2 is 2.14 bits per heavy atom. The number of carbonyl (C=O) groups is 1. The molecule has 14 heavy (non-hydrogen) atoms. The molecule has 1 rings (SSSR count). The SMILES string of the molecule is C[C@@H](SC(=S)N1CCOCC1)C(=O)O. The highest BCUT2D eigenvalue weighted by Crippen LogP contribution is 2.17. The van der Waals surface area contributed by atoms with Crippen LogP contribution in [-0.2, 0) is 9.53 Å². The summed E-state index contributed by atoms with van der Waals surface area (Å²) in [4.78, 5) is 12.6. The maximum atomic E-state index is 10.6. The fourth-order valence-corrected chi connectivity index (χ4v) is 2.37. The minimum absolute atomic E-state index is 0.481. The first-order valence-corrected chi connectivity index (χ1v) is 5.66. The van der Waals surface area contributed by atoms with Crippen molar-refractivity contribution < 1.29 is 14.6 Å². The fraction of sp³-hybridized carbons (Fsp3) is 0.750. The Kier molecular flexibility index (Phi) is 4.64. The Bertz CT molecular complexity index is 229. The largest absolute Gasteiger partial charge is 0.480 e. The van der Waals surface area contributed by atoms with Crippen molar-refractivity contribution in [3.63, 3.8) is 0 Å². The van der Waals surface area contributed by atoms with Crippen molar-refractivity contribution in [2.45, 2.75) is 12.2 Å². The first kappa shape index (κ1) is 11.7. The Morgan fingerprint density at radius 3 is 2.64 bits per heavy atom. The van der Waals surface area contributed by atoms with E-state index in [1.54, 1.807) is 6.92 Å². The maximum absolute atomic E-state index is 10.6. The number of hydrogen-bond donors (Lipinski definition) is 1. The molecule has 80 valence electrons. The first-order valence-electron chi connectivity index (χ1n) is 4.37. The van der Waals surface area contributed by atoms with Gasteiger partial charge in [-0.15, -0.1) is 0 Å². The molecule has 0 saturated carbocycles. The van der Waals surface area contributed by atoms with Crippen LogP contribution in [0.15, 0.2) is 0 Å². The molecule has 0 unspecified atom stereocenters. The number of morpholine rings is 1. The highest BCUT2D eigenvalue weighted by atomic mass is 32.2. The number of hydrogen-bond acceptors (Lipinski definition) is 4. The normalized spacial score (nSPS) is 19.1. The lowest BCUT2D eigenvalue weighted by Gasteiger charge is -2.29. The van der Waals surface area contributed by atoms with Crippen LogP contribution in [0.25, 0.3) is 0 Å². The van der Waals surface area contributed by atoms with Crippen LogP contribution in [-0.4, -0.2) is 51.8 Å². The predicted molar refractivity (Wildman–Crippen MR) is 59.7 cm³/mol. The van der Waals surface area contributed by atoms with E-state index in [0.717, 1.165) is 13.1 Å². The van der Waals surface area contributed by atoms with Gasteiger partial charge in [-0.2, -0.15) is 0 Å². The van der Waals surface area contributed by atoms with Crippen LogP contribution >= 0.6 is 24.0 Å². The Balaban J connectivity index is 2.36. The number of rotatable bonds is 2. The highest BCUT2D eigenvalue weighted by Gasteiger charge is 2.19. The molecule has 0 aromatic carbocycles. The Hall–Kier alpha value is -0.330. The number of thiocarbonyl (C=S) groups is 1. The third kappa shape index (κ3) is 3.43. The van der Waals surface area contributed by atoms with E-state index in [0.29, 0.717) is 17.5 Å². The highest BCUT2D eigenvalue weighted by molar-refractivity contribution is 8.23. The molecule has 1 fully saturated rings. The molecule has 0 aromatic rings. The van der Waals surface area contributed by atoms with E-state index < -0.39 is 11.2 Å². The number of carboxylic acid groups (broad SMARTS) is 1. The molecule has 0 aromatic heterocycles. The van der Waals surface area contributed by atoms with Crippen LogP contribution in [0.3, 0.4) is 0 Å². The third-order valence-electron chi connectivity index (χ3n) is 1.89. The van der Waals surface area contributed by atoms with Crippen molar-refractivity contribution in [2.24, 2.45) is 0 Å². The fourth-order valence-electron chi connectivity index (χ4n) is 1.02.